The Morgan fingerprint density at radius 3 is 2.59 bits per heavy atom. The number of aliphatic carboxylic acids is 1. The molecule has 5 nitrogen and oxygen atoms in total. The maximum Gasteiger partial charge on any atom is 0.308 e. The molecule has 120 valence electrons. The van der Waals surface area contributed by atoms with E-state index < -0.39 is 17.9 Å². The molecule has 1 saturated heterocycles. The molecule has 0 aliphatic carbocycles. The van der Waals surface area contributed by atoms with E-state index in [-0.39, 0.29) is 5.91 Å². The third-order valence-electron chi connectivity index (χ3n) is 4.23. The normalized spacial score (nSPS) is 21.7. The molecule has 0 radical (unpaired) electrons. The number of carbonyl (C=O) groups is 2. The van der Waals surface area contributed by atoms with E-state index in [4.69, 9.17) is 4.74 Å². The van der Waals surface area contributed by atoms with Gasteiger partial charge in [-0.05, 0) is 30.5 Å². The number of carbonyl (C=O) groups excluding carboxylic acids is 1. The molecule has 22 heavy (non-hydrogen) atoms. The summed E-state index contributed by atoms with van der Waals surface area (Å²) in [6.07, 6.45) is 2.56. The highest BCUT2D eigenvalue weighted by atomic mass is 16.5. The number of likely N-dealkylation sites (tertiary alicyclic amines) is 1. The second-order valence-electron chi connectivity index (χ2n) is 5.64. The number of benzene rings is 1. The standard InChI is InChI=1S/C17H23NO4/c1-3-4-11-18-15(19)10-9-14(17(20)21)16(18)12-5-7-13(22-2)8-6-12/h5-8,14,16H,3-4,9-11H2,1-2H3,(H,20,21)/t14-,16-/m0/s1. The first-order chi connectivity index (χ1) is 10.6. The molecule has 1 N–H and O–H groups in total. The molecule has 0 aromatic heterocycles. The Balaban J connectivity index is 2.34. The van der Waals surface area contributed by atoms with E-state index in [1.165, 1.54) is 0 Å². The van der Waals surface area contributed by atoms with Gasteiger partial charge in [-0.3, -0.25) is 9.59 Å². The zero-order valence-corrected chi connectivity index (χ0v) is 13.1. The van der Waals surface area contributed by atoms with Crippen molar-refractivity contribution in [3.8, 4) is 5.75 Å². The number of unbranched alkanes of at least 4 members (excludes halogenated alkanes) is 1. The lowest BCUT2D eigenvalue weighted by atomic mass is 9.84. The lowest BCUT2D eigenvalue weighted by molar-refractivity contribution is -0.152. The van der Waals surface area contributed by atoms with Crippen molar-refractivity contribution in [1.29, 1.82) is 0 Å². The third-order valence-corrected chi connectivity index (χ3v) is 4.23. The average Bonchev–Trinajstić information content (AvgIpc) is 2.53. The molecule has 2 rings (SSSR count). The van der Waals surface area contributed by atoms with Crippen LogP contribution in [0.25, 0.3) is 0 Å². The van der Waals surface area contributed by atoms with Gasteiger partial charge >= 0.3 is 5.97 Å². The number of nitrogens with zero attached hydrogens (tertiary/aromatic N) is 1. The van der Waals surface area contributed by atoms with E-state index in [9.17, 15) is 14.7 Å². The molecular formula is C17H23NO4. The molecular weight excluding hydrogens is 282 g/mol. The number of rotatable bonds is 6. The Hall–Kier alpha value is -2.04. The van der Waals surface area contributed by atoms with Gasteiger partial charge < -0.3 is 14.7 Å². The van der Waals surface area contributed by atoms with Crippen LogP contribution < -0.4 is 4.74 Å². The number of hydrogen-bond donors (Lipinski definition) is 1. The van der Waals surface area contributed by atoms with Crippen molar-refractivity contribution in [2.45, 2.75) is 38.6 Å². The minimum absolute atomic E-state index is 0.0479. The number of hydrogen-bond acceptors (Lipinski definition) is 3. The van der Waals surface area contributed by atoms with Crippen molar-refractivity contribution in [2.24, 2.45) is 5.92 Å². The molecule has 1 fully saturated rings. The summed E-state index contributed by atoms with van der Waals surface area (Å²) >= 11 is 0. The Morgan fingerprint density at radius 2 is 2.05 bits per heavy atom. The quantitative estimate of drug-likeness (QED) is 0.877. The van der Waals surface area contributed by atoms with Gasteiger partial charge in [-0.15, -0.1) is 0 Å². The van der Waals surface area contributed by atoms with Crippen LogP contribution in [0.4, 0.5) is 0 Å². The lowest BCUT2D eigenvalue weighted by Gasteiger charge is -2.40. The van der Waals surface area contributed by atoms with E-state index in [0.29, 0.717) is 19.4 Å². The molecule has 1 aromatic carbocycles. The van der Waals surface area contributed by atoms with Crippen LogP contribution in [0.15, 0.2) is 24.3 Å². The summed E-state index contributed by atoms with van der Waals surface area (Å²) in [6, 6.07) is 6.95. The summed E-state index contributed by atoms with van der Waals surface area (Å²) in [5, 5.41) is 9.54. The summed E-state index contributed by atoms with van der Waals surface area (Å²) in [7, 11) is 1.59. The van der Waals surface area contributed by atoms with Crippen molar-refractivity contribution in [3.05, 3.63) is 29.8 Å². The lowest BCUT2D eigenvalue weighted by Crippen LogP contribution is -2.45. The Morgan fingerprint density at radius 1 is 1.36 bits per heavy atom. The van der Waals surface area contributed by atoms with Crippen LogP contribution in [0.1, 0.15) is 44.2 Å². The van der Waals surface area contributed by atoms with E-state index >= 15 is 0 Å². The van der Waals surface area contributed by atoms with Crippen LogP contribution >= 0.6 is 0 Å². The van der Waals surface area contributed by atoms with Gasteiger partial charge in [0.25, 0.3) is 0 Å². The van der Waals surface area contributed by atoms with Gasteiger partial charge in [0.1, 0.15) is 5.75 Å². The SMILES string of the molecule is CCCCN1C(=O)CC[C@H](C(=O)O)[C@@H]1c1ccc(OC)cc1. The topological polar surface area (TPSA) is 66.8 Å². The van der Waals surface area contributed by atoms with Crippen LogP contribution in [0.5, 0.6) is 5.75 Å². The molecule has 1 heterocycles. The van der Waals surface area contributed by atoms with Crippen molar-refractivity contribution >= 4 is 11.9 Å². The van der Waals surface area contributed by atoms with Crippen LogP contribution in [-0.4, -0.2) is 35.5 Å². The molecule has 1 amide bonds. The van der Waals surface area contributed by atoms with Gasteiger partial charge in [0, 0.05) is 13.0 Å². The number of methoxy groups -OCH3 is 1. The van der Waals surface area contributed by atoms with Crippen LogP contribution in [-0.2, 0) is 9.59 Å². The first-order valence-electron chi connectivity index (χ1n) is 7.74. The van der Waals surface area contributed by atoms with Crippen molar-refractivity contribution in [2.75, 3.05) is 13.7 Å². The fourth-order valence-corrected chi connectivity index (χ4v) is 3.02. The molecule has 0 bridgehead atoms. The second kappa shape index (κ2) is 7.29. The van der Waals surface area contributed by atoms with Crippen molar-refractivity contribution in [3.63, 3.8) is 0 Å². The number of carboxylic acid groups (broad SMARTS) is 1. The van der Waals surface area contributed by atoms with Gasteiger partial charge in [0.15, 0.2) is 0 Å². The largest absolute Gasteiger partial charge is 0.497 e. The molecule has 2 atom stereocenters. The van der Waals surface area contributed by atoms with Gasteiger partial charge in [-0.1, -0.05) is 25.5 Å². The monoisotopic (exact) mass is 305 g/mol. The van der Waals surface area contributed by atoms with Gasteiger partial charge in [0.05, 0.1) is 19.1 Å². The first-order valence-corrected chi connectivity index (χ1v) is 7.74. The molecule has 0 saturated carbocycles. The van der Waals surface area contributed by atoms with Crippen LogP contribution in [0.2, 0.25) is 0 Å². The second-order valence-corrected chi connectivity index (χ2v) is 5.64. The van der Waals surface area contributed by atoms with Gasteiger partial charge in [0.2, 0.25) is 5.91 Å². The van der Waals surface area contributed by atoms with E-state index in [1.807, 2.05) is 24.3 Å². The first kappa shape index (κ1) is 16.3. The molecule has 1 aromatic rings. The Bertz CT molecular complexity index is 526. The Labute approximate surface area is 130 Å². The average molecular weight is 305 g/mol. The van der Waals surface area contributed by atoms with Gasteiger partial charge in [-0.2, -0.15) is 0 Å². The maximum absolute atomic E-state index is 12.3. The van der Waals surface area contributed by atoms with E-state index in [0.717, 1.165) is 24.2 Å². The van der Waals surface area contributed by atoms with Crippen LogP contribution in [0.3, 0.4) is 0 Å². The Kier molecular flexibility index (Phi) is 5.41. The summed E-state index contributed by atoms with van der Waals surface area (Å²) < 4.78 is 5.15. The zero-order chi connectivity index (χ0) is 16.1. The van der Waals surface area contributed by atoms with E-state index in [2.05, 4.69) is 6.92 Å². The highest BCUT2D eigenvalue weighted by Crippen LogP contribution is 2.37. The number of amides is 1. The molecule has 0 unspecified atom stereocenters. The van der Waals surface area contributed by atoms with E-state index in [1.54, 1.807) is 12.0 Å². The maximum atomic E-state index is 12.3. The number of carboxylic acids is 1. The molecule has 1 aliphatic heterocycles. The summed E-state index contributed by atoms with van der Waals surface area (Å²) in [5.41, 5.74) is 0.859. The minimum atomic E-state index is -0.838. The smallest absolute Gasteiger partial charge is 0.308 e. The summed E-state index contributed by atoms with van der Waals surface area (Å²) in [5.74, 6) is -0.623. The molecule has 1 aliphatic rings. The number of ether oxygens (including phenoxy) is 1. The van der Waals surface area contributed by atoms with Gasteiger partial charge in [-0.25, -0.2) is 0 Å². The third kappa shape index (κ3) is 3.40. The highest BCUT2D eigenvalue weighted by Gasteiger charge is 2.40. The predicted octanol–water partition coefficient (Wildman–Crippen LogP) is 2.86. The fraction of sp³-hybridized carbons (Fsp3) is 0.529. The fourth-order valence-electron chi connectivity index (χ4n) is 3.02. The predicted molar refractivity (Wildman–Crippen MR) is 82.7 cm³/mol. The molecule has 0 spiro atoms. The zero-order valence-electron chi connectivity index (χ0n) is 13.1. The summed E-state index contributed by atoms with van der Waals surface area (Å²) in [6.45, 7) is 2.67. The highest BCUT2D eigenvalue weighted by molar-refractivity contribution is 5.81. The minimum Gasteiger partial charge on any atom is -0.497 e. The van der Waals surface area contributed by atoms with Crippen molar-refractivity contribution in [1.82, 2.24) is 4.90 Å². The summed E-state index contributed by atoms with van der Waals surface area (Å²) in [4.78, 5) is 25.7. The number of piperidine rings is 1. The van der Waals surface area contributed by atoms with Crippen LogP contribution in [0, 0.1) is 5.92 Å². The molecule has 5 heteroatoms. The van der Waals surface area contributed by atoms with Crippen molar-refractivity contribution < 1.29 is 19.4 Å².